The van der Waals surface area contributed by atoms with Gasteiger partial charge in [0.25, 0.3) is 0 Å². The SMILES string of the molecule is FC(F)(F)c1cccc(-c2nc(N3CCNCC3)sc2-c2n[c]ncc2C2CCCCC2)c1. The molecule has 1 radical (unpaired) electrons. The van der Waals surface area contributed by atoms with Crippen molar-refractivity contribution in [1.29, 1.82) is 0 Å². The predicted octanol–water partition coefficient (Wildman–Crippen LogP) is 5.54. The summed E-state index contributed by atoms with van der Waals surface area (Å²) in [5.74, 6) is 0.349. The second-order valence-corrected chi connectivity index (χ2v) is 9.58. The van der Waals surface area contributed by atoms with Crippen molar-refractivity contribution in [2.45, 2.75) is 44.2 Å². The maximum absolute atomic E-state index is 13.5. The van der Waals surface area contributed by atoms with Gasteiger partial charge >= 0.3 is 6.18 Å². The molecule has 0 bridgehead atoms. The number of hydrogen-bond acceptors (Lipinski definition) is 6. The fourth-order valence-electron chi connectivity index (χ4n) is 4.70. The lowest BCUT2D eigenvalue weighted by Gasteiger charge is -2.26. The normalized spacial score (nSPS) is 18.0. The van der Waals surface area contributed by atoms with Crippen LogP contribution in [0.3, 0.4) is 0 Å². The molecule has 0 amide bonds. The highest BCUT2D eigenvalue weighted by molar-refractivity contribution is 7.19. The molecule has 2 aliphatic rings. The Bertz CT molecular complexity index is 1100. The van der Waals surface area contributed by atoms with Gasteiger partial charge in [0.2, 0.25) is 0 Å². The number of nitrogens with zero attached hydrogens (tertiary/aromatic N) is 4. The van der Waals surface area contributed by atoms with Crippen LogP contribution in [0.4, 0.5) is 18.3 Å². The first-order valence-electron chi connectivity index (χ1n) is 11.4. The first-order chi connectivity index (χ1) is 16.0. The van der Waals surface area contributed by atoms with Crippen molar-refractivity contribution in [2.75, 3.05) is 31.1 Å². The maximum Gasteiger partial charge on any atom is 0.416 e. The lowest BCUT2D eigenvalue weighted by Crippen LogP contribution is -2.43. The van der Waals surface area contributed by atoms with E-state index in [-0.39, 0.29) is 0 Å². The molecule has 1 N–H and O–H groups in total. The third-order valence-corrected chi connectivity index (χ3v) is 7.55. The van der Waals surface area contributed by atoms with Crippen molar-refractivity contribution in [3.05, 3.63) is 47.9 Å². The number of alkyl halides is 3. The average molecular weight is 473 g/mol. The number of rotatable bonds is 4. The minimum Gasteiger partial charge on any atom is -0.346 e. The summed E-state index contributed by atoms with van der Waals surface area (Å²) in [4.78, 5) is 16.5. The van der Waals surface area contributed by atoms with Crippen LogP contribution < -0.4 is 10.2 Å². The molecule has 1 aliphatic heterocycles. The number of nitrogens with one attached hydrogen (secondary N) is 1. The highest BCUT2D eigenvalue weighted by Crippen LogP contribution is 2.45. The van der Waals surface area contributed by atoms with Crippen LogP contribution in [0.15, 0.2) is 30.5 Å². The summed E-state index contributed by atoms with van der Waals surface area (Å²) in [6.07, 6.45) is 5.84. The van der Waals surface area contributed by atoms with Crippen LogP contribution in [0.2, 0.25) is 0 Å². The molecule has 3 aromatic rings. The van der Waals surface area contributed by atoms with Crippen LogP contribution in [-0.4, -0.2) is 41.1 Å². The van der Waals surface area contributed by atoms with E-state index in [0.29, 0.717) is 17.2 Å². The molecule has 173 valence electrons. The number of aromatic nitrogens is 3. The van der Waals surface area contributed by atoms with Gasteiger partial charge < -0.3 is 10.2 Å². The third kappa shape index (κ3) is 4.75. The lowest BCUT2D eigenvalue weighted by molar-refractivity contribution is -0.137. The van der Waals surface area contributed by atoms with Gasteiger partial charge in [-0.05, 0) is 30.9 Å². The van der Waals surface area contributed by atoms with Crippen LogP contribution in [-0.2, 0) is 6.18 Å². The molecule has 0 spiro atoms. The van der Waals surface area contributed by atoms with Gasteiger partial charge in [-0.3, -0.25) is 0 Å². The summed E-state index contributed by atoms with van der Waals surface area (Å²) in [6.45, 7) is 3.31. The summed E-state index contributed by atoms with van der Waals surface area (Å²) >= 11 is 1.50. The zero-order valence-corrected chi connectivity index (χ0v) is 19.0. The Balaban J connectivity index is 1.64. The fraction of sp³-hybridized carbons (Fsp3) is 0.458. The van der Waals surface area contributed by atoms with Gasteiger partial charge in [-0.2, -0.15) is 13.2 Å². The van der Waals surface area contributed by atoms with E-state index in [1.807, 2.05) is 6.20 Å². The van der Waals surface area contributed by atoms with Crippen LogP contribution in [0.5, 0.6) is 0 Å². The van der Waals surface area contributed by atoms with Crippen LogP contribution in [0.1, 0.15) is 49.1 Å². The monoisotopic (exact) mass is 472 g/mol. The first kappa shape index (κ1) is 22.3. The molecular formula is C24H25F3N5S. The van der Waals surface area contributed by atoms with Crippen molar-refractivity contribution < 1.29 is 13.2 Å². The molecular weight excluding hydrogens is 447 g/mol. The van der Waals surface area contributed by atoms with Crippen molar-refractivity contribution in [3.8, 4) is 21.8 Å². The zero-order chi connectivity index (χ0) is 22.8. The maximum atomic E-state index is 13.5. The summed E-state index contributed by atoms with van der Waals surface area (Å²) in [5, 5.41) is 4.14. The van der Waals surface area contributed by atoms with E-state index < -0.39 is 11.7 Å². The molecule has 2 aromatic heterocycles. The Morgan fingerprint density at radius 1 is 1.06 bits per heavy atom. The largest absolute Gasteiger partial charge is 0.416 e. The minimum absolute atomic E-state index is 0.349. The van der Waals surface area contributed by atoms with E-state index in [4.69, 9.17) is 4.98 Å². The molecule has 5 nitrogen and oxygen atoms in total. The van der Waals surface area contributed by atoms with Gasteiger partial charge in [0.05, 0.1) is 21.8 Å². The number of hydrogen-bond donors (Lipinski definition) is 1. The second kappa shape index (κ2) is 9.38. The van der Waals surface area contributed by atoms with E-state index in [1.165, 1.54) is 29.9 Å². The fourth-order valence-corrected chi connectivity index (χ4v) is 5.85. The van der Waals surface area contributed by atoms with Crippen LogP contribution >= 0.6 is 11.3 Å². The van der Waals surface area contributed by atoms with Gasteiger partial charge in [-0.15, -0.1) is 0 Å². The number of anilines is 1. The predicted molar refractivity (Wildman–Crippen MR) is 123 cm³/mol. The molecule has 0 unspecified atom stereocenters. The lowest BCUT2D eigenvalue weighted by atomic mass is 9.83. The molecule has 2 fully saturated rings. The summed E-state index contributed by atoms with van der Waals surface area (Å²) in [7, 11) is 0. The Labute approximate surface area is 195 Å². The summed E-state index contributed by atoms with van der Waals surface area (Å²) in [6, 6.07) is 5.42. The molecule has 0 atom stereocenters. The standard InChI is InChI=1S/C24H25F3N5S/c25-24(26,27)18-8-4-7-17(13-18)20-22(33-23(31-20)32-11-9-28-10-12-32)21-19(14-29-15-30-21)16-5-2-1-3-6-16/h4,7-8,13-14,16,28H,1-3,5-6,9-12H2. The first-order valence-corrected chi connectivity index (χ1v) is 12.2. The van der Waals surface area contributed by atoms with Crippen molar-refractivity contribution in [1.82, 2.24) is 20.3 Å². The molecule has 1 saturated heterocycles. The summed E-state index contributed by atoms with van der Waals surface area (Å²) in [5.41, 5.74) is 2.12. The zero-order valence-electron chi connectivity index (χ0n) is 18.2. The van der Waals surface area contributed by atoms with Crippen molar-refractivity contribution in [3.63, 3.8) is 0 Å². The van der Waals surface area contributed by atoms with Crippen LogP contribution in [0.25, 0.3) is 21.8 Å². The molecule has 5 rings (SSSR count). The van der Waals surface area contributed by atoms with Gasteiger partial charge in [-0.1, -0.05) is 42.7 Å². The Morgan fingerprint density at radius 3 is 2.61 bits per heavy atom. The van der Waals surface area contributed by atoms with E-state index in [0.717, 1.165) is 79.2 Å². The van der Waals surface area contributed by atoms with E-state index in [2.05, 4.69) is 26.5 Å². The molecule has 3 heterocycles. The smallest absolute Gasteiger partial charge is 0.346 e. The quantitative estimate of drug-likeness (QED) is 0.540. The van der Waals surface area contributed by atoms with E-state index in [9.17, 15) is 13.2 Å². The van der Waals surface area contributed by atoms with Gasteiger partial charge in [-0.25, -0.2) is 15.0 Å². The Morgan fingerprint density at radius 2 is 1.85 bits per heavy atom. The van der Waals surface area contributed by atoms with E-state index in [1.54, 1.807) is 6.07 Å². The van der Waals surface area contributed by atoms with Gasteiger partial charge in [0.1, 0.15) is 0 Å². The molecule has 1 aromatic carbocycles. The van der Waals surface area contributed by atoms with Crippen LogP contribution in [0, 0.1) is 6.33 Å². The Kier molecular flexibility index (Phi) is 6.34. The highest BCUT2D eigenvalue weighted by atomic mass is 32.1. The summed E-state index contributed by atoms with van der Waals surface area (Å²) < 4.78 is 40.4. The number of piperazine rings is 1. The molecule has 1 saturated carbocycles. The van der Waals surface area contributed by atoms with Gasteiger partial charge in [0, 0.05) is 43.5 Å². The van der Waals surface area contributed by atoms with Crippen molar-refractivity contribution >= 4 is 16.5 Å². The molecule has 1 aliphatic carbocycles. The third-order valence-electron chi connectivity index (χ3n) is 6.42. The molecule has 9 heteroatoms. The van der Waals surface area contributed by atoms with E-state index >= 15 is 0 Å². The second-order valence-electron chi connectivity index (χ2n) is 8.60. The molecule has 33 heavy (non-hydrogen) atoms. The average Bonchev–Trinajstić information content (AvgIpc) is 3.30. The Hall–Kier alpha value is -2.52. The number of benzene rings is 1. The van der Waals surface area contributed by atoms with Crippen molar-refractivity contribution in [2.24, 2.45) is 0 Å². The minimum atomic E-state index is -4.41. The highest BCUT2D eigenvalue weighted by Gasteiger charge is 2.32. The topological polar surface area (TPSA) is 53.9 Å². The number of halogens is 3. The number of thiazole rings is 1. The van der Waals surface area contributed by atoms with Gasteiger partial charge in [0.15, 0.2) is 11.5 Å².